The third-order valence-electron chi connectivity index (χ3n) is 4.85. The number of aromatic hydroxyl groups is 1. The Morgan fingerprint density at radius 2 is 1.89 bits per heavy atom. The summed E-state index contributed by atoms with van der Waals surface area (Å²) in [5.74, 6) is -0.0880. The summed E-state index contributed by atoms with van der Waals surface area (Å²) in [6.45, 7) is 0. The van der Waals surface area contributed by atoms with Crippen LogP contribution in [0.25, 0.3) is 11.0 Å². The van der Waals surface area contributed by atoms with Crippen LogP contribution in [0.4, 0.5) is 11.4 Å². The van der Waals surface area contributed by atoms with Crippen molar-refractivity contribution in [2.24, 2.45) is 4.99 Å². The van der Waals surface area contributed by atoms with Crippen molar-refractivity contribution in [3.8, 4) is 5.75 Å². The maximum absolute atomic E-state index is 12.7. The van der Waals surface area contributed by atoms with E-state index in [0.29, 0.717) is 23.1 Å². The van der Waals surface area contributed by atoms with E-state index in [1.54, 1.807) is 35.6 Å². The average Bonchev–Trinajstić information content (AvgIpc) is 3.17. The van der Waals surface area contributed by atoms with Crippen molar-refractivity contribution in [3.63, 3.8) is 0 Å². The summed E-state index contributed by atoms with van der Waals surface area (Å²) in [4.78, 5) is 18.6. The first-order valence-electron chi connectivity index (χ1n) is 8.92. The monoisotopic (exact) mass is 388 g/mol. The molecule has 0 radical (unpaired) electrons. The quantitative estimate of drug-likeness (QED) is 0.461. The lowest BCUT2D eigenvalue weighted by Crippen LogP contribution is -2.19. The number of hydrogen-bond donors (Lipinski definition) is 2. The summed E-state index contributed by atoms with van der Waals surface area (Å²) in [6.07, 6.45) is 0.450. The number of anilines is 1. The zero-order valence-corrected chi connectivity index (χ0v) is 15.6. The second-order valence-corrected chi connectivity index (χ2v) is 7.58. The molecule has 0 aliphatic carbocycles. The topological polar surface area (TPSA) is 74.8 Å². The molecule has 0 bridgehead atoms. The predicted molar refractivity (Wildman–Crippen MR) is 112 cm³/mol. The number of aliphatic imine (C=N–C) groups is 1. The molecule has 0 amide bonds. The largest absolute Gasteiger partial charge is 0.506 e. The highest BCUT2D eigenvalue weighted by atomic mass is 32.1. The molecule has 0 spiro atoms. The van der Waals surface area contributed by atoms with E-state index in [4.69, 9.17) is 9.41 Å². The lowest BCUT2D eigenvalue weighted by molar-refractivity contribution is 0.466. The first-order valence-corrected chi connectivity index (χ1v) is 9.80. The van der Waals surface area contributed by atoms with Gasteiger partial charge in [-0.1, -0.05) is 30.3 Å². The first-order chi connectivity index (χ1) is 13.7. The summed E-state index contributed by atoms with van der Waals surface area (Å²) in [5, 5.41) is 16.9. The number of fused-ring (bicyclic) bond motifs is 2. The third kappa shape index (κ3) is 2.78. The van der Waals surface area contributed by atoms with Gasteiger partial charge in [-0.3, -0.25) is 4.99 Å². The molecule has 0 saturated heterocycles. The van der Waals surface area contributed by atoms with Gasteiger partial charge in [0, 0.05) is 11.3 Å². The fourth-order valence-corrected chi connectivity index (χ4v) is 4.30. The van der Waals surface area contributed by atoms with E-state index in [1.165, 1.54) is 0 Å². The average molecular weight is 388 g/mol. The van der Waals surface area contributed by atoms with Gasteiger partial charge in [0.2, 0.25) is 0 Å². The molecule has 138 valence electrons. The number of nitrogens with zero attached hydrogens (tertiary/aromatic N) is 1. The molecule has 2 aromatic carbocycles. The molecular weight excluding hydrogens is 372 g/mol. The molecule has 1 unspecified atom stereocenters. The number of benzene rings is 2. The van der Waals surface area contributed by atoms with Crippen molar-refractivity contribution in [1.29, 1.82) is 0 Å². The summed E-state index contributed by atoms with van der Waals surface area (Å²) in [7, 11) is 0. The fourth-order valence-electron chi connectivity index (χ4n) is 3.52. The van der Waals surface area contributed by atoms with E-state index >= 15 is 0 Å². The Hall–Kier alpha value is -3.38. The first kappa shape index (κ1) is 16.8. The minimum absolute atomic E-state index is 0.0623. The van der Waals surface area contributed by atoms with Crippen molar-refractivity contribution < 1.29 is 9.52 Å². The van der Waals surface area contributed by atoms with Crippen molar-refractivity contribution in [2.75, 3.05) is 5.32 Å². The number of para-hydroxylation sites is 3. The van der Waals surface area contributed by atoms with Crippen LogP contribution in [0.15, 0.2) is 80.2 Å². The summed E-state index contributed by atoms with van der Waals surface area (Å²) >= 11 is 1.64. The second kappa shape index (κ2) is 6.65. The van der Waals surface area contributed by atoms with E-state index in [1.807, 2.05) is 35.7 Å². The maximum atomic E-state index is 12.7. The Kier molecular flexibility index (Phi) is 3.98. The molecule has 28 heavy (non-hydrogen) atoms. The number of thiophene rings is 1. The van der Waals surface area contributed by atoms with Gasteiger partial charge < -0.3 is 14.8 Å². The van der Waals surface area contributed by atoms with Crippen LogP contribution in [0.5, 0.6) is 5.75 Å². The molecule has 2 aromatic heterocycles. The SMILES string of the molecule is O=c1oc2ccccc2c(O)c1C1=Nc2ccccc2NC(c2cccs2)C1. The zero-order valence-electron chi connectivity index (χ0n) is 14.8. The lowest BCUT2D eigenvalue weighted by Gasteiger charge is -2.17. The second-order valence-electron chi connectivity index (χ2n) is 6.60. The van der Waals surface area contributed by atoms with E-state index in [9.17, 15) is 9.90 Å². The number of nitrogens with one attached hydrogen (secondary N) is 1. The number of rotatable bonds is 2. The zero-order chi connectivity index (χ0) is 19.1. The van der Waals surface area contributed by atoms with Crippen LogP contribution in [-0.2, 0) is 0 Å². The molecule has 0 fully saturated rings. The Labute approximate surface area is 164 Å². The molecule has 0 saturated carbocycles. The molecule has 2 N–H and O–H groups in total. The van der Waals surface area contributed by atoms with Gasteiger partial charge in [-0.25, -0.2) is 4.79 Å². The van der Waals surface area contributed by atoms with Crippen molar-refractivity contribution in [1.82, 2.24) is 0 Å². The maximum Gasteiger partial charge on any atom is 0.349 e. The summed E-state index contributed by atoms with van der Waals surface area (Å²) in [5.41, 5.74) is 2.02. The van der Waals surface area contributed by atoms with Crippen LogP contribution in [0.3, 0.4) is 0 Å². The van der Waals surface area contributed by atoms with E-state index in [2.05, 4.69) is 11.4 Å². The highest BCUT2D eigenvalue weighted by Crippen LogP contribution is 2.38. The Morgan fingerprint density at radius 1 is 1.07 bits per heavy atom. The van der Waals surface area contributed by atoms with Gasteiger partial charge in [0.05, 0.1) is 28.5 Å². The van der Waals surface area contributed by atoms with Gasteiger partial charge in [0.25, 0.3) is 0 Å². The van der Waals surface area contributed by atoms with Gasteiger partial charge in [-0.2, -0.15) is 0 Å². The standard InChI is InChI=1S/C22H16N2O3S/c25-21-13-6-1-4-9-18(13)27-22(26)20(21)17-12-16(19-10-5-11-28-19)23-14-7-2-3-8-15(14)24-17/h1-11,16,23,25H,12H2. The van der Waals surface area contributed by atoms with Crippen LogP contribution >= 0.6 is 11.3 Å². The lowest BCUT2D eigenvalue weighted by atomic mass is 10.0. The normalized spacial score (nSPS) is 16.1. The third-order valence-corrected chi connectivity index (χ3v) is 5.83. The van der Waals surface area contributed by atoms with Crippen molar-refractivity contribution >= 4 is 39.4 Å². The smallest absolute Gasteiger partial charge is 0.349 e. The van der Waals surface area contributed by atoms with Crippen LogP contribution in [0.1, 0.15) is 22.9 Å². The van der Waals surface area contributed by atoms with Crippen LogP contribution in [0.2, 0.25) is 0 Å². The molecule has 1 aliphatic heterocycles. The van der Waals surface area contributed by atoms with Crippen molar-refractivity contribution in [3.05, 3.63) is 86.9 Å². The molecule has 1 aliphatic rings. The van der Waals surface area contributed by atoms with Gasteiger partial charge in [0.1, 0.15) is 16.9 Å². The Morgan fingerprint density at radius 3 is 2.75 bits per heavy atom. The van der Waals surface area contributed by atoms with E-state index in [0.717, 1.165) is 16.3 Å². The van der Waals surface area contributed by atoms with E-state index < -0.39 is 5.63 Å². The highest BCUT2D eigenvalue weighted by Gasteiger charge is 2.26. The molecule has 5 nitrogen and oxygen atoms in total. The summed E-state index contributed by atoms with van der Waals surface area (Å²) < 4.78 is 5.47. The molecule has 3 heterocycles. The minimum Gasteiger partial charge on any atom is -0.506 e. The minimum atomic E-state index is -0.584. The molecule has 4 aromatic rings. The van der Waals surface area contributed by atoms with Gasteiger partial charge in [0.15, 0.2) is 0 Å². The molecule has 5 rings (SSSR count). The van der Waals surface area contributed by atoms with Crippen LogP contribution in [-0.4, -0.2) is 10.8 Å². The van der Waals surface area contributed by atoms with Crippen LogP contribution < -0.4 is 10.9 Å². The Balaban J connectivity index is 1.73. The van der Waals surface area contributed by atoms with E-state index in [-0.39, 0.29) is 17.4 Å². The highest BCUT2D eigenvalue weighted by molar-refractivity contribution is 7.10. The van der Waals surface area contributed by atoms with Crippen molar-refractivity contribution in [2.45, 2.75) is 12.5 Å². The molecule has 1 atom stereocenters. The Bertz CT molecular complexity index is 1260. The summed E-state index contributed by atoms with van der Waals surface area (Å²) in [6, 6.07) is 18.6. The number of hydrogen-bond acceptors (Lipinski definition) is 6. The fraction of sp³-hybridized carbons (Fsp3) is 0.0909. The predicted octanol–water partition coefficient (Wildman–Crippen LogP) is 5.24. The van der Waals surface area contributed by atoms with Gasteiger partial charge >= 0.3 is 5.63 Å². The molecular formula is C22H16N2O3S. The molecule has 6 heteroatoms. The van der Waals surface area contributed by atoms with Gasteiger partial charge in [-0.05, 0) is 35.7 Å². The van der Waals surface area contributed by atoms with Gasteiger partial charge in [-0.15, -0.1) is 11.3 Å². The van der Waals surface area contributed by atoms with Crippen LogP contribution in [0, 0.1) is 0 Å².